The van der Waals surface area contributed by atoms with Crippen LogP contribution in [0.25, 0.3) is 10.9 Å². The van der Waals surface area contributed by atoms with Crippen LogP contribution < -0.4 is 5.73 Å². The summed E-state index contributed by atoms with van der Waals surface area (Å²) in [5.41, 5.74) is 7.90. The van der Waals surface area contributed by atoms with E-state index in [1.807, 2.05) is 18.2 Å². The van der Waals surface area contributed by atoms with Crippen molar-refractivity contribution in [2.24, 2.45) is 5.73 Å². The van der Waals surface area contributed by atoms with Gasteiger partial charge in [-0.05, 0) is 29.8 Å². The second kappa shape index (κ2) is 7.97. The van der Waals surface area contributed by atoms with E-state index in [1.54, 1.807) is 29.2 Å². The smallest absolute Gasteiger partial charge is 0.249 e. The average Bonchev–Trinajstić information content (AvgIpc) is 2.74. The number of nitrogens with zero attached hydrogens (tertiary/aromatic N) is 2. The molecule has 3 aromatic rings. The Hall–Kier alpha value is -3.32. The Bertz CT molecular complexity index is 1070. The molecule has 0 aliphatic carbocycles. The lowest BCUT2D eigenvalue weighted by atomic mass is 10.0. The largest absolute Gasteiger partial charge is 0.368 e. The molecule has 2 amide bonds. The van der Waals surface area contributed by atoms with Crippen LogP contribution in [0.2, 0.25) is 0 Å². The van der Waals surface area contributed by atoms with Crippen molar-refractivity contribution in [3.63, 3.8) is 0 Å². The summed E-state index contributed by atoms with van der Waals surface area (Å²) in [6.45, 7) is 1.15. The molecule has 1 saturated heterocycles. The normalized spacial score (nSPS) is 16.7. The number of amides is 2. The van der Waals surface area contributed by atoms with Crippen LogP contribution in [0.3, 0.4) is 0 Å². The van der Waals surface area contributed by atoms with Gasteiger partial charge in [0.2, 0.25) is 11.8 Å². The van der Waals surface area contributed by atoms with Crippen molar-refractivity contribution in [1.82, 2.24) is 9.88 Å². The number of para-hydroxylation sites is 1. The first-order valence-corrected chi connectivity index (χ1v) is 9.34. The molecule has 0 radical (unpaired) electrons. The van der Waals surface area contributed by atoms with E-state index < -0.39 is 12.0 Å². The minimum atomic E-state index is -0.537. The molecule has 2 aromatic carbocycles. The van der Waals surface area contributed by atoms with Gasteiger partial charge in [-0.25, -0.2) is 9.37 Å². The Labute approximate surface area is 167 Å². The van der Waals surface area contributed by atoms with Crippen LogP contribution in [-0.4, -0.2) is 41.4 Å². The molecule has 29 heavy (non-hydrogen) atoms. The van der Waals surface area contributed by atoms with Gasteiger partial charge in [-0.3, -0.25) is 9.59 Å². The number of hydrogen-bond acceptors (Lipinski definition) is 4. The Kier molecular flexibility index (Phi) is 5.22. The fourth-order valence-corrected chi connectivity index (χ4v) is 3.51. The summed E-state index contributed by atoms with van der Waals surface area (Å²) in [6, 6.07) is 14.8. The Balaban J connectivity index is 1.56. The van der Waals surface area contributed by atoms with Crippen LogP contribution in [0.15, 0.2) is 54.6 Å². The topological polar surface area (TPSA) is 85.5 Å². The number of fused-ring (bicyclic) bond motifs is 1. The molecule has 1 atom stereocenters. The van der Waals surface area contributed by atoms with Crippen LogP contribution in [-0.2, 0) is 16.0 Å². The highest BCUT2D eigenvalue weighted by atomic mass is 19.1. The SMILES string of the molecule is NC(=O)c1cc(C2CN(C(=O)Cc3ccc(F)cc3)CCO2)nc2ccccc12. The quantitative estimate of drug-likeness (QED) is 0.738. The molecule has 7 heteroatoms. The molecule has 0 spiro atoms. The van der Waals surface area contributed by atoms with E-state index in [-0.39, 0.29) is 18.1 Å². The average molecular weight is 393 g/mol. The molecular formula is C22H20FN3O3. The van der Waals surface area contributed by atoms with Gasteiger partial charge in [-0.15, -0.1) is 0 Å². The summed E-state index contributed by atoms with van der Waals surface area (Å²) >= 11 is 0. The van der Waals surface area contributed by atoms with Crippen molar-refractivity contribution in [1.29, 1.82) is 0 Å². The lowest BCUT2D eigenvalue weighted by Gasteiger charge is -2.33. The number of nitrogens with two attached hydrogens (primary N) is 1. The molecule has 2 heterocycles. The molecule has 0 bridgehead atoms. The number of benzene rings is 2. The molecule has 1 fully saturated rings. The fraction of sp³-hybridized carbons (Fsp3) is 0.227. The zero-order valence-electron chi connectivity index (χ0n) is 15.7. The highest BCUT2D eigenvalue weighted by molar-refractivity contribution is 6.05. The summed E-state index contributed by atoms with van der Waals surface area (Å²) in [4.78, 5) is 30.9. The number of rotatable bonds is 4. The molecular weight excluding hydrogens is 373 g/mol. The van der Waals surface area contributed by atoms with E-state index in [2.05, 4.69) is 4.98 Å². The lowest BCUT2D eigenvalue weighted by molar-refractivity contribution is -0.138. The van der Waals surface area contributed by atoms with Gasteiger partial charge in [0.1, 0.15) is 11.9 Å². The minimum Gasteiger partial charge on any atom is -0.368 e. The van der Waals surface area contributed by atoms with Gasteiger partial charge < -0.3 is 15.4 Å². The summed E-state index contributed by atoms with van der Waals surface area (Å²) < 4.78 is 18.9. The van der Waals surface area contributed by atoms with Crippen LogP contribution in [0.5, 0.6) is 0 Å². The molecule has 4 rings (SSSR count). The van der Waals surface area contributed by atoms with Gasteiger partial charge in [0.15, 0.2) is 0 Å². The van der Waals surface area contributed by atoms with E-state index >= 15 is 0 Å². The Morgan fingerprint density at radius 3 is 2.69 bits per heavy atom. The zero-order chi connectivity index (χ0) is 20.4. The molecule has 1 aromatic heterocycles. The molecule has 1 aliphatic rings. The summed E-state index contributed by atoms with van der Waals surface area (Å²) in [7, 11) is 0. The van der Waals surface area contributed by atoms with Gasteiger partial charge in [0.25, 0.3) is 0 Å². The number of carbonyl (C=O) groups excluding carboxylic acids is 2. The Morgan fingerprint density at radius 1 is 1.17 bits per heavy atom. The molecule has 2 N–H and O–H groups in total. The maximum absolute atomic E-state index is 13.1. The van der Waals surface area contributed by atoms with E-state index in [1.165, 1.54) is 12.1 Å². The standard InChI is InChI=1S/C22H20FN3O3/c23-15-7-5-14(6-8-15)11-21(27)26-9-10-29-20(13-26)19-12-17(22(24)28)16-3-1-2-4-18(16)25-19/h1-8,12,20H,9-11,13H2,(H2,24,28). The number of primary amides is 1. The minimum absolute atomic E-state index is 0.0687. The number of halogens is 1. The van der Waals surface area contributed by atoms with E-state index in [4.69, 9.17) is 10.5 Å². The van der Waals surface area contributed by atoms with E-state index in [0.717, 1.165) is 5.56 Å². The van der Waals surface area contributed by atoms with Crippen LogP contribution in [0.4, 0.5) is 4.39 Å². The highest BCUT2D eigenvalue weighted by Crippen LogP contribution is 2.26. The zero-order valence-corrected chi connectivity index (χ0v) is 15.7. The van der Waals surface area contributed by atoms with Crippen molar-refractivity contribution < 1.29 is 18.7 Å². The van der Waals surface area contributed by atoms with Crippen molar-refractivity contribution in [2.45, 2.75) is 12.5 Å². The van der Waals surface area contributed by atoms with Crippen LogP contribution in [0, 0.1) is 5.82 Å². The maximum atomic E-state index is 13.1. The van der Waals surface area contributed by atoms with Crippen LogP contribution in [0.1, 0.15) is 27.7 Å². The number of ether oxygens (including phenoxy) is 1. The molecule has 0 saturated carbocycles. The second-order valence-corrected chi connectivity index (χ2v) is 6.98. The van der Waals surface area contributed by atoms with Gasteiger partial charge in [0.05, 0.1) is 36.3 Å². The third-order valence-corrected chi connectivity index (χ3v) is 5.02. The van der Waals surface area contributed by atoms with Crippen molar-refractivity contribution in [2.75, 3.05) is 19.7 Å². The molecule has 1 unspecified atom stereocenters. The molecule has 1 aliphatic heterocycles. The maximum Gasteiger partial charge on any atom is 0.249 e. The van der Waals surface area contributed by atoms with E-state index in [0.29, 0.717) is 41.9 Å². The number of pyridine rings is 1. The van der Waals surface area contributed by atoms with Crippen molar-refractivity contribution >= 4 is 22.7 Å². The summed E-state index contributed by atoms with van der Waals surface area (Å²) in [5, 5.41) is 0.684. The van der Waals surface area contributed by atoms with Gasteiger partial charge in [-0.2, -0.15) is 0 Å². The van der Waals surface area contributed by atoms with Gasteiger partial charge in [-0.1, -0.05) is 30.3 Å². The molecule has 6 nitrogen and oxygen atoms in total. The number of morpholine rings is 1. The first kappa shape index (κ1) is 19.0. The predicted octanol–water partition coefficient (Wildman–Crippen LogP) is 2.62. The number of carbonyl (C=O) groups is 2. The molecule has 148 valence electrons. The third kappa shape index (κ3) is 4.09. The second-order valence-electron chi connectivity index (χ2n) is 6.98. The Morgan fingerprint density at radius 2 is 1.93 bits per heavy atom. The van der Waals surface area contributed by atoms with Crippen LogP contribution >= 0.6 is 0 Å². The fourth-order valence-electron chi connectivity index (χ4n) is 3.51. The third-order valence-electron chi connectivity index (χ3n) is 5.02. The first-order chi connectivity index (χ1) is 14.0. The summed E-state index contributed by atoms with van der Waals surface area (Å²) in [6.07, 6.45) is -0.270. The highest BCUT2D eigenvalue weighted by Gasteiger charge is 2.27. The predicted molar refractivity (Wildman–Crippen MR) is 106 cm³/mol. The summed E-state index contributed by atoms with van der Waals surface area (Å²) in [5.74, 6) is -0.939. The van der Waals surface area contributed by atoms with Crippen molar-refractivity contribution in [3.8, 4) is 0 Å². The van der Waals surface area contributed by atoms with Gasteiger partial charge >= 0.3 is 0 Å². The number of hydrogen-bond donors (Lipinski definition) is 1. The first-order valence-electron chi connectivity index (χ1n) is 9.34. The van der Waals surface area contributed by atoms with Crippen molar-refractivity contribution in [3.05, 3.63) is 77.2 Å². The monoisotopic (exact) mass is 393 g/mol. The van der Waals surface area contributed by atoms with E-state index in [9.17, 15) is 14.0 Å². The lowest BCUT2D eigenvalue weighted by Crippen LogP contribution is -2.43. The van der Waals surface area contributed by atoms with Gasteiger partial charge in [0, 0.05) is 11.9 Å². The number of aromatic nitrogens is 1.